The molecule has 1 aliphatic carbocycles. The molecule has 0 spiro atoms. The average Bonchev–Trinajstić information content (AvgIpc) is 2.43. The molecule has 1 aliphatic rings. The molecule has 0 bridgehead atoms. The fourth-order valence-electron chi connectivity index (χ4n) is 1.93. The highest BCUT2D eigenvalue weighted by Crippen LogP contribution is 2.10. The highest BCUT2D eigenvalue weighted by atomic mass is 16.5. The van der Waals surface area contributed by atoms with Gasteiger partial charge in [-0.05, 0) is 25.7 Å². The number of nitrogens with one attached hydrogen (secondary N) is 2. The first-order chi connectivity index (χ1) is 9.52. The number of carbonyl (C=O) groups excluding carboxylic acids is 2. The van der Waals surface area contributed by atoms with E-state index in [1.807, 2.05) is 12.2 Å². The SMILES string of the molecule is COC(=O)CC[C@H](NC(=O)NC1CC=CCC1)C(=O)O. The van der Waals surface area contributed by atoms with Crippen LogP contribution in [0, 0.1) is 0 Å². The number of amides is 2. The molecule has 1 unspecified atom stereocenters. The van der Waals surface area contributed by atoms with Gasteiger partial charge in [-0.25, -0.2) is 9.59 Å². The number of carboxylic acids is 1. The number of ether oxygens (including phenoxy) is 1. The van der Waals surface area contributed by atoms with Crippen molar-refractivity contribution in [1.82, 2.24) is 10.6 Å². The first kappa shape index (κ1) is 16.0. The third kappa shape index (κ3) is 5.73. The summed E-state index contributed by atoms with van der Waals surface area (Å²) in [6.07, 6.45) is 6.46. The molecule has 1 rings (SSSR count). The highest BCUT2D eigenvalue weighted by molar-refractivity contribution is 5.83. The number of aliphatic carboxylic acids is 1. The summed E-state index contributed by atoms with van der Waals surface area (Å²) < 4.78 is 4.44. The van der Waals surface area contributed by atoms with Crippen molar-refractivity contribution in [1.29, 1.82) is 0 Å². The monoisotopic (exact) mass is 284 g/mol. The molecule has 0 heterocycles. The molecule has 20 heavy (non-hydrogen) atoms. The maximum atomic E-state index is 11.7. The van der Waals surface area contributed by atoms with Crippen LogP contribution in [0.5, 0.6) is 0 Å². The highest BCUT2D eigenvalue weighted by Gasteiger charge is 2.22. The van der Waals surface area contributed by atoms with Crippen LogP contribution >= 0.6 is 0 Å². The molecule has 0 radical (unpaired) electrons. The van der Waals surface area contributed by atoms with Gasteiger partial charge in [-0.1, -0.05) is 12.2 Å². The summed E-state index contributed by atoms with van der Waals surface area (Å²) in [5.41, 5.74) is 0. The molecule has 0 aromatic carbocycles. The van der Waals surface area contributed by atoms with E-state index in [0.717, 1.165) is 19.3 Å². The van der Waals surface area contributed by atoms with Gasteiger partial charge in [0.05, 0.1) is 7.11 Å². The van der Waals surface area contributed by atoms with E-state index in [1.165, 1.54) is 7.11 Å². The molecule has 0 saturated carbocycles. The van der Waals surface area contributed by atoms with Crippen molar-refractivity contribution in [2.24, 2.45) is 0 Å². The van der Waals surface area contributed by atoms with E-state index in [2.05, 4.69) is 15.4 Å². The van der Waals surface area contributed by atoms with Gasteiger partial charge in [-0.2, -0.15) is 0 Å². The van der Waals surface area contributed by atoms with E-state index in [4.69, 9.17) is 5.11 Å². The summed E-state index contributed by atoms with van der Waals surface area (Å²) in [5, 5.41) is 14.1. The zero-order chi connectivity index (χ0) is 15.0. The Kier molecular flexibility index (Phi) is 6.55. The number of urea groups is 1. The van der Waals surface area contributed by atoms with E-state index in [1.54, 1.807) is 0 Å². The molecular weight excluding hydrogens is 264 g/mol. The molecular formula is C13H20N2O5. The minimum atomic E-state index is -1.17. The van der Waals surface area contributed by atoms with Crippen LogP contribution in [0.3, 0.4) is 0 Å². The van der Waals surface area contributed by atoms with Gasteiger partial charge >= 0.3 is 18.0 Å². The number of methoxy groups -OCH3 is 1. The lowest BCUT2D eigenvalue weighted by Crippen LogP contribution is -2.49. The Labute approximate surface area is 117 Å². The van der Waals surface area contributed by atoms with Gasteiger partial charge in [0.15, 0.2) is 0 Å². The predicted octanol–water partition coefficient (Wildman–Crippen LogP) is 0.801. The number of carboxylic acid groups (broad SMARTS) is 1. The van der Waals surface area contributed by atoms with E-state index in [0.29, 0.717) is 0 Å². The van der Waals surface area contributed by atoms with E-state index >= 15 is 0 Å². The zero-order valence-corrected chi connectivity index (χ0v) is 11.4. The second-order valence-corrected chi connectivity index (χ2v) is 4.60. The Morgan fingerprint density at radius 2 is 2.15 bits per heavy atom. The minimum absolute atomic E-state index is 0.00000386. The lowest BCUT2D eigenvalue weighted by atomic mass is 10.0. The molecule has 112 valence electrons. The van der Waals surface area contributed by atoms with Crippen molar-refractivity contribution in [3.63, 3.8) is 0 Å². The zero-order valence-electron chi connectivity index (χ0n) is 11.4. The Morgan fingerprint density at radius 3 is 2.70 bits per heavy atom. The van der Waals surface area contributed by atoms with Gasteiger partial charge in [0.1, 0.15) is 6.04 Å². The van der Waals surface area contributed by atoms with Crippen LogP contribution in [-0.2, 0) is 14.3 Å². The van der Waals surface area contributed by atoms with Crippen LogP contribution in [-0.4, -0.2) is 42.3 Å². The van der Waals surface area contributed by atoms with Gasteiger partial charge in [-0.15, -0.1) is 0 Å². The maximum Gasteiger partial charge on any atom is 0.326 e. The lowest BCUT2D eigenvalue weighted by molar-refractivity contribution is -0.142. The summed E-state index contributed by atoms with van der Waals surface area (Å²) in [5.74, 6) is -1.68. The lowest BCUT2D eigenvalue weighted by Gasteiger charge is -2.21. The van der Waals surface area contributed by atoms with E-state index in [9.17, 15) is 14.4 Å². The second kappa shape index (κ2) is 8.19. The smallest absolute Gasteiger partial charge is 0.326 e. The second-order valence-electron chi connectivity index (χ2n) is 4.60. The average molecular weight is 284 g/mol. The first-order valence-electron chi connectivity index (χ1n) is 6.54. The number of hydrogen-bond donors (Lipinski definition) is 3. The topological polar surface area (TPSA) is 105 Å². The summed E-state index contributed by atoms with van der Waals surface area (Å²) in [7, 11) is 1.23. The Balaban J connectivity index is 2.39. The van der Waals surface area contributed by atoms with Crippen molar-refractivity contribution in [3.8, 4) is 0 Å². The third-order valence-electron chi connectivity index (χ3n) is 3.07. The van der Waals surface area contributed by atoms with Crippen LogP contribution in [0.25, 0.3) is 0 Å². The summed E-state index contributed by atoms with van der Waals surface area (Å²) in [6, 6.07) is -1.61. The molecule has 0 aromatic heterocycles. The Bertz CT molecular complexity index is 394. The molecule has 0 saturated heterocycles. The van der Waals surface area contributed by atoms with E-state index in [-0.39, 0.29) is 18.9 Å². The largest absolute Gasteiger partial charge is 0.480 e. The Hall–Kier alpha value is -2.05. The molecule has 0 aromatic rings. The van der Waals surface area contributed by atoms with Crippen LogP contribution in [0.1, 0.15) is 32.1 Å². The van der Waals surface area contributed by atoms with Crippen LogP contribution in [0.4, 0.5) is 4.79 Å². The summed E-state index contributed by atoms with van der Waals surface area (Å²) >= 11 is 0. The fourth-order valence-corrected chi connectivity index (χ4v) is 1.93. The molecule has 2 amide bonds. The quantitative estimate of drug-likeness (QED) is 0.494. The standard InChI is InChI=1S/C13H20N2O5/c1-20-11(16)8-7-10(12(17)18)15-13(19)14-9-5-3-2-4-6-9/h2-3,9-10H,4-8H2,1H3,(H,17,18)(H2,14,15,19)/t9?,10-/m0/s1. The molecule has 0 aliphatic heterocycles. The normalized spacial score (nSPS) is 18.9. The van der Waals surface area contributed by atoms with Crippen molar-refractivity contribution >= 4 is 18.0 Å². The maximum absolute atomic E-state index is 11.7. The summed E-state index contributed by atoms with van der Waals surface area (Å²) in [6.45, 7) is 0. The van der Waals surface area contributed by atoms with Crippen molar-refractivity contribution in [3.05, 3.63) is 12.2 Å². The van der Waals surface area contributed by atoms with Gasteiger partial charge in [0, 0.05) is 12.5 Å². The van der Waals surface area contributed by atoms with Gasteiger partial charge < -0.3 is 20.5 Å². The first-order valence-corrected chi connectivity index (χ1v) is 6.54. The van der Waals surface area contributed by atoms with Crippen molar-refractivity contribution in [2.45, 2.75) is 44.2 Å². The van der Waals surface area contributed by atoms with Gasteiger partial charge in [-0.3, -0.25) is 4.79 Å². The minimum Gasteiger partial charge on any atom is -0.480 e. The van der Waals surface area contributed by atoms with Crippen LogP contribution in [0.15, 0.2) is 12.2 Å². The number of rotatable bonds is 6. The van der Waals surface area contributed by atoms with Crippen molar-refractivity contribution < 1.29 is 24.2 Å². The van der Waals surface area contributed by atoms with Gasteiger partial charge in [0.25, 0.3) is 0 Å². The number of allylic oxidation sites excluding steroid dienone is 1. The Morgan fingerprint density at radius 1 is 1.40 bits per heavy atom. The number of esters is 1. The molecule has 7 nitrogen and oxygen atoms in total. The van der Waals surface area contributed by atoms with Crippen molar-refractivity contribution in [2.75, 3.05) is 7.11 Å². The molecule has 0 fully saturated rings. The number of hydrogen-bond acceptors (Lipinski definition) is 4. The van der Waals surface area contributed by atoms with Crippen LogP contribution in [0.2, 0.25) is 0 Å². The number of carbonyl (C=O) groups is 3. The molecule has 3 N–H and O–H groups in total. The fraction of sp³-hybridized carbons (Fsp3) is 0.615. The molecule has 7 heteroatoms. The summed E-state index contributed by atoms with van der Waals surface area (Å²) in [4.78, 5) is 33.7. The molecule has 2 atom stereocenters. The van der Waals surface area contributed by atoms with Crippen LogP contribution < -0.4 is 10.6 Å². The van der Waals surface area contributed by atoms with Gasteiger partial charge in [0.2, 0.25) is 0 Å². The third-order valence-corrected chi connectivity index (χ3v) is 3.07. The predicted molar refractivity (Wildman–Crippen MR) is 71.1 cm³/mol. The van der Waals surface area contributed by atoms with E-state index < -0.39 is 24.0 Å².